The average molecular weight is 429 g/mol. The van der Waals surface area contributed by atoms with E-state index in [1.54, 1.807) is 30.3 Å². The zero-order chi connectivity index (χ0) is 19.7. The quantitative estimate of drug-likeness (QED) is 0.586. The molecule has 4 rings (SSSR count). The Morgan fingerprint density at radius 2 is 1.96 bits per heavy atom. The van der Waals surface area contributed by atoms with E-state index < -0.39 is 5.91 Å². The van der Waals surface area contributed by atoms with Gasteiger partial charge in [0.25, 0.3) is 11.8 Å². The van der Waals surface area contributed by atoms with Crippen molar-refractivity contribution in [1.29, 1.82) is 0 Å². The molecule has 28 heavy (non-hydrogen) atoms. The number of ether oxygens (including phenoxy) is 1. The second-order valence-corrected chi connectivity index (χ2v) is 8.12. The Morgan fingerprint density at radius 1 is 1.21 bits per heavy atom. The maximum Gasteiger partial charge on any atom is 0.285 e. The number of hydrogen-bond acceptors (Lipinski definition) is 5. The van der Waals surface area contributed by atoms with Crippen molar-refractivity contribution in [2.24, 2.45) is 0 Å². The number of para-hydroxylation sites is 1. The van der Waals surface area contributed by atoms with Gasteiger partial charge in [-0.25, -0.2) is 0 Å². The van der Waals surface area contributed by atoms with Gasteiger partial charge in [0.1, 0.15) is 12.4 Å². The van der Waals surface area contributed by atoms with Crippen molar-refractivity contribution in [3.05, 3.63) is 81.2 Å². The number of hydrogen-bond donors (Lipinski definition) is 1. The molecule has 1 fully saturated rings. The first-order valence-electron chi connectivity index (χ1n) is 8.28. The van der Waals surface area contributed by atoms with Crippen LogP contribution in [0.4, 0.5) is 0 Å². The minimum absolute atomic E-state index is 0.260. The summed E-state index contributed by atoms with van der Waals surface area (Å²) in [6.07, 6.45) is 3.71. The summed E-state index contributed by atoms with van der Waals surface area (Å²) >= 11 is 12.2. The third kappa shape index (κ3) is 3.82. The molecule has 2 amide bonds. The molecule has 2 aliphatic heterocycles. The van der Waals surface area contributed by atoms with Gasteiger partial charge in [0.15, 0.2) is 4.32 Å². The predicted octanol–water partition coefficient (Wildman–Crippen LogP) is 4.21. The van der Waals surface area contributed by atoms with E-state index >= 15 is 0 Å². The standard InChI is InChI=1S/C20H13ClN2O3S2/c21-15-7-5-13(6-8-15)18(24)22-23-19(25)17(28-20(23)27)10-12-9-14-3-1-2-4-16(14)26-11-12/h1-10H,11H2,(H,22,24). The molecule has 140 valence electrons. The minimum Gasteiger partial charge on any atom is -0.488 e. The van der Waals surface area contributed by atoms with Crippen molar-refractivity contribution in [3.63, 3.8) is 0 Å². The monoisotopic (exact) mass is 428 g/mol. The van der Waals surface area contributed by atoms with Crippen LogP contribution in [0.2, 0.25) is 5.02 Å². The summed E-state index contributed by atoms with van der Waals surface area (Å²) in [5.41, 5.74) is 4.72. The molecule has 0 spiro atoms. The first-order valence-corrected chi connectivity index (χ1v) is 9.88. The van der Waals surface area contributed by atoms with E-state index in [-0.39, 0.29) is 10.2 Å². The van der Waals surface area contributed by atoms with Crippen LogP contribution < -0.4 is 10.2 Å². The minimum atomic E-state index is -0.441. The fourth-order valence-electron chi connectivity index (χ4n) is 2.72. The van der Waals surface area contributed by atoms with E-state index in [1.807, 2.05) is 30.3 Å². The van der Waals surface area contributed by atoms with E-state index in [2.05, 4.69) is 5.43 Å². The molecule has 0 atom stereocenters. The molecule has 0 unspecified atom stereocenters. The first kappa shape index (κ1) is 18.7. The first-order chi connectivity index (χ1) is 13.5. The van der Waals surface area contributed by atoms with Gasteiger partial charge >= 0.3 is 0 Å². The largest absolute Gasteiger partial charge is 0.488 e. The molecule has 0 radical (unpaired) electrons. The SMILES string of the molecule is O=C(NN1C(=O)C(=CC2=Cc3ccccc3OC2)SC1=S)c1ccc(Cl)cc1. The Kier molecular flexibility index (Phi) is 5.21. The van der Waals surface area contributed by atoms with Crippen LogP contribution in [0.5, 0.6) is 5.75 Å². The molecule has 0 saturated carbocycles. The molecule has 0 bridgehead atoms. The maximum atomic E-state index is 12.7. The van der Waals surface area contributed by atoms with Gasteiger partial charge in [-0.1, -0.05) is 41.6 Å². The highest BCUT2D eigenvalue weighted by molar-refractivity contribution is 8.26. The summed E-state index contributed by atoms with van der Waals surface area (Å²) in [6, 6.07) is 14.0. The topological polar surface area (TPSA) is 58.6 Å². The van der Waals surface area contributed by atoms with Crippen molar-refractivity contribution in [3.8, 4) is 5.75 Å². The van der Waals surface area contributed by atoms with E-state index in [0.717, 1.165) is 33.7 Å². The lowest BCUT2D eigenvalue weighted by molar-refractivity contribution is -0.123. The molecule has 2 aromatic rings. The molecule has 2 heterocycles. The summed E-state index contributed by atoms with van der Waals surface area (Å²) in [4.78, 5) is 25.5. The summed E-state index contributed by atoms with van der Waals surface area (Å²) in [5, 5.41) is 1.61. The molecule has 1 saturated heterocycles. The molecular formula is C20H13ClN2O3S2. The number of benzene rings is 2. The Hall–Kier alpha value is -2.61. The highest BCUT2D eigenvalue weighted by atomic mass is 35.5. The maximum absolute atomic E-state index is 12.7. The van der Waals surface area contributed by atoms with Crippen molar-refractivity contribution in [2.45, 2.75) is 0 Å². The van der Waals surface area contributed by atoms with Gasteiger partial charge in [0, 0.05) is 16.1 Å². The highest BCUT2D eigenvalue weighted by Crippen LogP contribution is 2.33. The van der Waals surface area contributed by atoms with Crippen LogP contribution in [0, 0.1) is 0 Å². The fraction of sp³-hybridized carbons (Fsp3) is 0.0500. The van der Waals surface area contributed by atoms with Crippen molar-refractivity contribution in [2.75, 3.05) is 6.61 Å². The molecule has 5 nitrogen and oxygen atoms in total. The van der Waals surface area contributed by atoms with Crippen LogP contribution in [0.3, 0.4) is 0 Å². The smallest absolute Gasteiger partial charge is 0.285 e. The van der Waals surface area contributed by atoms with Crippen molar-refractivity contribution < 1.29 is 14.3 Å². The van der Waals surface area contributed by atoms with Gasteiger partial charge in [0.05, 0.1) is 4.91 Å². The van der Waals surface area contributed by atoms with Gasteiger partial charge in [-0.2, -0.15) is 5.01 Å². The summed E-state index contributed by atoms with van der Waals surface area (Å²) < 4.78 is 5.97. The van der Waals surface area contributed by atoms with Gasteiger partial charge in [-0.15, -0.1) is 0 Å². The normalized spacial score (nSPS) is 17.2. The molecular weight excluding hydrogens is 416 g/mol. The van der Waals surface area contributed by atoms with Gasteiger partial charge in [-0.3, -0.25) is 15.0 Å². The van der Waals surface area contributed by atoms with E-state index in [0.29, 0.717) is 22.1 Å². The van der Waals surface area contributed by atoms with Crippen molar-refractivity contribution >= 4 is 57.8 Å². The van der Waals surface area contributed by atoms with Gasteiger partial charge in [-0.05, 0) is 60.3 Å². The second kappa shape index (κ2) is 7.79. The van der Waals surface area contributed by atoms with E-state index in [4.69, 9.17) is 28.6 Å². The third-order valence-corrected chi connectivity index (χ3v) is 5.64. The number of hydrazine groups is 1. The third-order valence-electron chi connectivity index (χ3n) is 4.08. The Balaban J connectivity index is 1.51. The lowest BCUT2D eigenvalue weighted by Crippen LogP contribution is -2.44. The molecule has 0 aromatic heterocycles. The number of rotatable bonds is 3. The number of carbonyl (C=O) groups is 2. The van der Waals surface area contributed by atoms with Gasteiger partial charge in [0.2, 0.25) is 0 Å². The summed E-state index contributed by atoms with van der Waals surface area (Å²) in [7, 11) is 0. The van der Waals surface area contributed by atoms with Crippen LogP contribution in [0.25, 0.3) is 6.08 Å². The zero-order valence-corrected chi connectivity index (χ0v) is 16.7. The lowest BCUT2D eigenvalue weighted by atomic mass is 10.1. The van der Waals surface area contributed by atoms with E-state index in [9.17, 15) is 9.59 Å². The van der Waals surface area contributed by atoms with Gasteiger partial charge < -0.3 is 4.74 Å². The molecule has 2 aromatic carbocycles. The molecule has 0 aliphatic carbocycles. The molecule has 1 N–H and O–H groups in total. The number of carbonyl (C=O) groups excluding carboxylic acids is 2. The number of amides is 2. The van der Waals surface area contributed by atoms with Crippen LogP contribution in [-0.4, -0.2) is 27.8 Å². The number of nitrogens with one attached hydrogen (secondary N) is 1. The Morgan fingerprint density at radius 3 is 2.75 bits per heavy atom. The van der Waals surface area contributed by atoms with Crippen LogP contribution >= 0.6 is 35.6 Å². The van der Waals surface area contributed by atoms with Crippen LogP contribution in [0.15, 0.2) is 65.1 Å². The molecule has 2 aliphatic rings. The second-order valence-electron chi connectivity index (χ2n) is 6.01. The predicted molar refractivity (Wildman–Crippen MR) is 114 cm³/mol. The Labute approximate surface area is 176 Å². The fourth-order valence-corrected chi connectivity index (χ4v) is 4.04. The van der Waals surface area contributed by atoms with E-state index in [1.165, 1.54) is 0 Å². The van der Waals surface area contributed by atoms with Crippen molar-refractivity contribution in [1.82, 2.24) is 10.4 Å². The van der Waals surface area contributed by atoms with Crippen LogP contribution in [0.1, 0.15) is 15.9 Å². The number of thioether (sulfide) groups is 1. The number of fused-ring (bicyclic) bond motifs is 1. The number of nitrogens with zero attached hydrogens (tertiary/aromatic N) is 1. The number of halogens is 1. The molecule has 8 heteroatoms. The highest BCUT2D eigenvalue weighted by Gasteiger charge is 2.34. The summed E-state index contributed by atoms with van der Waals surface area (Å²) in [6.45, 7) is 0.359. The average Bonchev–Trinajstić information content (AvgIpc) is 2.95. The summed E-state index contributed by atoms with van der Waals surface area (Å²) in [5.74, 6) is -0.0112. The number of thiocarbonyl (C=S) groups is 1. The zero-order valence-electron chi connectivity index (χ0n) is 14.3. The Bertz CT molecular complexity index is 1050. The lowest BCUT2D eigenvalue weighted by Gasteiger charge is -2.16. The van der Waals surface area contributed by atoms with Crippen LogP contribution in [-0.2, 0) is 4.79 Å².